The summed E-state index contributed by atoms with van der Waals surface area (Å²) in [7, 11) is 0. The van der Waals surface area contributed by atoms with Crippen LogP contribution in [0.4, 0.5) is 5.13 Å². The Balaban J connectivity index is 2.94. The molecule has 1 aromatic heterocycles. The first-order valence-electron chi connectivity index (χ1n) is 7.07. The first-order chi connectivity index (χ1) is 9.37. The number of nitrogens with one attached hydrogen (secondary N) is 1. The van der Waals surface area contributed by atoms with Crippen molar-refractivity contribution in [2.24, 2.45) is 0 Å². The number of aromatic nitrogens is 1. The maximum absolute atomic E-state index is 12.4. The zero-order chi connectivity index (χ0) is 16.6. The van der Waals surface area contributed by atoms with Gasteiger partial charge in [0.2, 0.25) is 0 Å². The predicted molar refractivity (Wildman–Crippen MR) is 91.5 cm³/mol. The number of nitrogens with zero attached hydrogens (tertiary/aromatic N) is 1. The van der Waals surface area contributed by atoms with Crippen LogP contribution in [-0.4, -0.2) is 25.4 Å². The molecule has 0 aliphatic rings. The van der Waals surface area contributed by atoms with Crippen molar-refractivity contribution in [3.05, 3.63) is 10.6 Å². The Morgan fingerprint density at radius 2 is 1.81 bits per heavy atom. The van der Waals surface area contributed by atoms with Gasteiger partial charge in [0.1, 0.15) is 5.25 Å². The van der Waals surface area contributed by atoms with Crippen molar-refractivity contribution in [3.8, 4) is 0 Å². The summed E-state index contributed by atoms with van der Waals surface area (Å²) < 4.78 is 11.3. The fraction of sp³-hybridized carbons (Fsp3) is 0.733. The average molecular weight is 331 g/mol. The molecule has 1 N–H and O–H groups in total. The van der Waals surface area contributed by atoms with Crippen LogP contribution in [0.25, 0.3) is 0 Å². The number of anilines is 1. The van der Waals surface area contributed by atoms with Gasteiger partial charge in [0.25, 0.3) is 5.91 Å². The van der Waals surface area contributed by atoms with Crippen molar-refractivity contribution >= 4 is 33.6 Å². The van der Waals surface area contributed by atoms with E-state index >= 15 is 0 Å². The Bertz CT molecular complexity index is 516. The van der Waals surface area contributed by atoms with E-state index < -0.39 is 15.9 Å². The van der Waals surface area contributed by atoms with Crippen molar-refractivity contribution in [1.29, 1.82) is 0 Å². The molecular formula is C15H26N2O2S2. The Hall–Kier alpha value is -0.590. The standard InChI is InChI=1S/C15H26N2O2S2/c1-9(2)21(19)15(7,8)12(18)17-13-16-10(3)11(20-13)14(4,5)6/h9H,1-8H3,(H,16,17,18). The third kappa shape index (κ3) is 4.20. The second-order valence-electron chi connectivity index (χ2n) is 6.99. The first-order valence-corrected chi connectivity index (χ1v) is 9.10. The van der Waals surface area contributed by atoms with Crippen LogP contribution in [0.5, 0.6) is 0 Å². The number of amides is 1. The number of thiazole rings is 1. The van der Waals surface area contributed by atoms with Crippen molar-refractivity contribution in [1.82, 2.24) is 4.98 Å². The van der Waals surface area contributed by atoms with E-state index in [1.807, 2.05) is 20.8 Å². The molecule has 0 radical (unpaired) electrons. The van der Waals surface area contributed by atoms with Gasteiger partial charge in [0, 0.05) is 4.88 Å². The molecule has 1 unspecified atom stereocenters. The van der Waals surface area contributed by atoms with Gasteiger partial charge >= 0.3 is 0 Å². The predicted octanol–water partition coefficient (Wildman–Crippen LogP) is 3.62. The minimum Gasteiger partial charge on any atom is -0.615 e. The lowest BCUT2D eigenvalue weighted by Crippen LogP contribution is -2.47. The number of hydrogen-bond donors (Lipinski definition) is 1. The summed E-state index contributed by atoms with van der Waals surface area (Å²) in [5.74, 6) is -0.247. The molecule has 0 bridgehead atoms. The summed E-state index contributed by atoms with van der Waals surface area (Å²) in [5.41, 5.74) is 0.937. The lowest BCUT2D eigenvalue weighted by molar-refractivity contribution is -0.117. The van der Waals surface area contributed by atoms with E-state index in [0.29, 0.717) is 5.13 Å². The molecule has 1 heterocycles. The van der Waals surface area contributed by atoms with Crippen molar-refractivity contribution in [3.63, 3.8) is 0 Å². The van der Waals surface area contributed by atoms with Gasteiger partial charge in [-0.25, -0.2) is 4.98 Å². The molecule has 0 saturated carbocycles. The van der Waals surface area contributed by atoms with Gasteiger partial charge in [0.05, 0.1) is 5.69 Å². The minimum absolute atomic E-state index is 0.000990. The van der Waals surface area contributed by atoms with Crippen LogP contribution in [0.2, 0.25) is 0 Å². The monoisotopic (exact) mass is 330 g/mol. The van der Waals surface area contributed by atoms with Crippen molar-refractivity contribution in [2.75, 3.05) is 5.32 Å². The summed E-state index contributed by atoms with van der Waals surface area (Å²) in [6.45, 7) is 15.5. The molecule has 4 nitrogen and oxygen atoms in total. The largest absolute Gasteiger partial charge is 0.615 e. The van der Waals surface area contributed by atoms with E-state index in [2.05, 4.69) is 31.1 Å². The molecule has 1 atom stereocenters. The molecule has 0 aliphatic carbocycles. The Labute approximate surface area is 134 Å². The SMILES string of the molecule is Cc1nc(NC(=O)C(C)(C)[S+]([O-])C(C)C)sc1C(C)(C)C. The highest BCUT2D eigenvalue weighted by molar-refractivity contribution is 7.94. The number of carbonyl (C=O) groups is 1. The third-order valence-corrected chi connectivity index (χ3v) is 6.72. The molecule has 1 aromatic rings. The van der Waals surface area contributed by atoms with Gasteiger partial charge in [-0.15, -0.1) is 11.3 Å². The molecule has 21 heavy (non-hydrogen) atoms. The quantitative estimate of drug-likeness (QED) is 0.857. The van der Waals surface area contributed by atoms with Crippen LogP contribution in [-0.2, 0) is 21.4 Å². The highest BCUT2D eigenvalue weighted by Gasteiger charge is 2.42. The van der Waals surface area contributed by atoms with Gasteiger partial charge in [-0.1, -0.05) is 20.8 Å². The summed E-state index contributed by atoms with van der Waals surface area (Å²) in [6.07, 6.45) is 0. The number of hydrogen-bond acceptors (Lipinski definition) is 4. The number of rotatable bonds is 4. The Kier molecular flexibility index (Phi) is 5.51. The van der Waals surface area contributed by atoms with E-state index in [4.69, 9.17) is 0 Å². The van der Waals surface area contributed by atoms with Crippen LogP contribution in [0.1, 0.15) is 59.0 Å². The highest BCUT2D eigenvalue weighted by atomic mass is 32.2. The van der Waals surface area contributed by atoms with Crippen LogP contribution in [0.3, 0.4) is 0 Å². The lowest BCUT2D eigenvalue weighted by atomic mass is 9.94. The molecule has 6 heteroatoms. The van der Waals surface area contributed by atoms with E-state index in [-0.39, 0.29) is 16.6 Å². The topological polar surface area (TPSA) is 65.0 Å². The molecule has 0 spiro atoms. The maximum Gasteiger partial charge on any atom is 0.281 e. The lowest BCUT2D eigenvalue weighted by Gasteiger charge is -2.29. The number of aryl methyl sites for hydroxylation is 1. The van der Waals surface area contributed by atoms with E-state index in [0.717, 1.165) is 10.6 Å². The highest BCUT2D eigenvalue weighted by Crippen LogP contribution is 2.34. The second kappa shape index (κ2) is 6.26. The molecule has 1 amide bonds. The van der Waals surface area contributed by atoms with Gasteiger partial charge < -0.3 is 4.55 Å². The van der Waals surface area contributed by atoms with E-state index in [1.165, 1.54) is 11.3 Å². The zero-order valence-corrected chi connectivity index (χ0v) is 15.8. The Morgan fingerprint density at radius 1 is 1.29 bits per heavy atom. The summed E-state index contributed by atoms with van der Waals surface area (Å²) in [5, 5.41) is 3.35. The second-order valence-corrected chi connectivity index (χ2v) is 10.6. The summed E-state index contributed by atoms with van der Waals surface area (Å²) >= 11 is 0.252. The minimum atomic E-state index is -1.24. The summed E-state index contributed by atoms with van der Waals surface area (Å²) in [6, 6.07) is 0. The van der Waals surface area contributed by atoms with Crippen molar-refractivity contribution in [2.45, 2.75) is 70.8 Å². The van der Waals surface area contributed by atoms with Gasteiger partial charge in [-0.05, 0) is 51.2 Å². The maximum atomic E-state index is 12.4. The van der Waals surface area contributed by atoms with Crippen molar-refractivity contribution < 1.29 is 9.35 Å². The average Bonchev–Trinajstić information content (AvgIpc) is 2.68. The van der Waals surface area contributed by atoms with E-state index in [1.54, 1.807) is 13.8 Å². The normalized spacial score (nSPS) is 14.4. The number of carbonyl (C=O) groups excluding carboxylic acids is 1. The molecule has 0 aromatic carbocycles. The molecular weight excluding hydrogens is 304 g/mol. The first kappa shape index (κ1) is 18.5. The van der Waals surface area contributed by atoms with Gasteiger partial charge in [-0.2, -0.15) is 0 Å². The molecule has 1 rings (SSSR count). The Morgan fingerprint density at radius 3 is 2.19 bits per heavy atom. The molecule has 120 valence electrons. The zero-order valence-electron chi connectivity index (χ0n) is 14.2. The van der Waals surface area contributed by atoms with Crippen LogP contribution >= 0.6 is 11.3 Å². The fourth-order valence-corrected chi connectivity index (χ4v) is 4.51. The molecule has 0 aliphatic heterocycles. The van der Waals surface area contributed by atoms with Gasteiger partial charge in [0.15, 0.2) is 9.88 Å². The fourth-order valence-electron chi connectivity index (χ4n) is 2.07. The van der Waals surface area contributed by atoms with E-state index in [9.17, 15) is 9.35 Å². The van der Waals surface area contributed by atoms with Crippen LogP contribution in [0, 0.1) is 6.92 Å². The summed E-state index contributed by atoms with van der Waals surface area (Å²) in [4.78, 5) is 18.0. The van der Waals surface area contributed by atoms with Crippen LogP contribution < -0.4 is 5.32 Å². The smallest absolute Gasteiger partial charge is 0.281 e. The van der Waals surface area contributed by atoms with Crippen LogP contribution in [0.15, 0.2) is 0 Å². The van der Waals surface area contributed by atoms with Gasteiger partial charge in [-0.3, -0.25) is 10.1 Å². The third-order valence-electron chi connectivity index (χ3n) is 3.18. The molecule has 0 saturated heterocycles. The molecule has 0 fully saturated rings.